The van der Waals surface area contributed by atoms with E-state index in [0.717, 1.165) is 17.3 Å². The quantitative estimate of drug-likeness (QED) is 0.450. The molecule has 1 aliphatic rings. The van der Waals surface area contributed by atoms with Crippen molar-refractivity contribution in [2.75, 3.05) is 19.7 Å². The van der Waals surface area contributed by atoms with Gasteiger partial charge in [0.1, 0.15) is 0 Å². The first kappa shape index (κ1) is 22.2. The van der Waals surface area contributed by atoms with Crippen LogP contribution in [0.3, 0.4) is 0 Å². The highest BCUT2D eigenvalue weighted by Crippen LogP contribution is 2.27. The standard InChI is InChI=1S/C24H26N2O5S/c1-16-11-17(2)14-26(13-16)32(29,30)19-9-7-18(8-10-19)24(28)31-15-23(27)21-12-25-22-6-4-3-5-20(21)22/h3-10,12,16-17,25H,11,13-15H2,1-2H3. The zero-order valence-corrected chi connectivity index (χ0v) is 18.9. The maximum atomic E-state index is 13.0. The minimum absolute atomic E-state index is 0.144. The number of benzene rings is 2. The molecular weight excluding hydrogens is 428 g/mol. The number of hydrogen-bond donors (Lipinski definition) is 1. The van der Waals surface area contributed by atoms with E-state index >= 15 is 0 Å². The Balaban J connectivity index is 1.41. The van der Waals surface area contributed by atoms with E-state index < -0.39 is 22.6 Å². The lowest BCUT2D eigenvalue weighted by Crippen LogP contribution is -2.42. The van der Waals surface area contributed by atoms with E-state index in [1.807, 2.05) is 24.3 Å². The molecule has 2 atom stereocenters. The number of esters is 1. The molecule has 168 valence electrons. The van der Waals surface area contributed by atoms with Crippen LogP contribution in [-0.4, -0.2) is 49.2 Å². The van der Waals surface area contributed by atoms with Crippen LogP contribution in [0.4, 0.5) is 0 Å². The molecule has 0 aliphatic carbocycles. The Labute approximate surface area is 187 Å². The number of fused-ring (bicyclic) bond motifs is 1. The number of rotatable bonds is 6. The Morgan fingerprint density at radius 3 is 2.38 bits per heavy atom. The van der Waals surface area contributed by atoms with Crippen LogP contribution in [0.15, 0.2) is 59.6 Å². The Bertz CT molecular complexity index is 1240. The van der Waals surface area contributed by atoms with Crippen LogP contribution >= 0.6 is 0 Å². The Morgan fingerprint density at radius 1 is 1.03 bits per heavy atom. The molecule has 1 aromatic heterocycles. The Morgan fingerprint density at radius 2 is 1.69 bits per heavy atom. The second kappa shape index (κ2) is 8.88. The summed E-state index contributed by atoms with van der Waals surface area (Å²) in [5.74, 6) is -0.388. The van der Waals surface area contributed by atoms with Gasteiger partial charge in [0.05, 0.1) is 10.5 Å². The largest absolute Gasteiger partial charge is 0.454 e. The summed E-state index contributed by atoms with van der Waals surface area (Å²) in [6, 6.07) is 13.0. The fourth-order valence-electron chi connectivity index (χ4n) is 4.31. The van der Waals surface area contributed by atoms with Crippen molar-refractivity contribution >= 4 is 32.7 Å². The number of aromatic amines is 1. The van der Waals surface area contributed by atoms with Gasteiger partial charge >= 0.3 is 5.97 Å². The van der Waals surface area contributed by atoms with Gasteiger partial charge in [0.2, 0.25) is 15.8 Å². The van der Waals surface area contributed by atoms with Crippen LogP contribution in [0.5, 0.6) is 0 Å². The lowest BCUT2D eigenvalue weighted by Gasteiger charge is -2.34. The molecule has 4 rings (SSSR count). The summed E-state index contributed by atoms with van der Waals surface area (Å²) in [6.07, 6.45) is 2.61. The first-order valence-electron chi connectivity index (χ1n) is 10.6. The van der Waals surface area contributed by atoms with E-state index in [-0.39, 0.29) is 16.2 Å². The molecule has 2 unspecified atom stereocenters. The van der Waals surface area contributed by atoms with Crippen molar-refractivity contribution in [1.29, 1.82) is 0 Å². The van der Waals surface area contributed by atoms with E-state index in [1.54, 1.807) is 6.20 Å². The van der Waals surface area contributed by atoms with Crippen molar-refractivity contribution < 1.29 is 22.7 Å². The van der Waals surface area contributed by atoms with Gasteiger partial charge in [-0.2, -0.15) is 4.31 Å². The second-order valence-corrected chi connectivity index (χ2v) is 10.5. The number of para-hydroxylation sites is 1. The predicted molar refractivity (Wildman–Crippen MR) is 121 cm³/mol. The van der Waals surface area contributed by atoms with Gasteiger partial charge in [0.25, 0.3) is 0 Å². The summed E-state index contributed by atoms with van der Waals surface area (Å²) in [5, 5.41) is 0.768. The summed E-state index contributed by atoms with van der Waals surface area (Å²) in [7, 11) is -3.62. The lowest BCUT2D eigenvalue weighted by atomic mass is 9.94. The molecule has 1 fully saturated rings. The fraction of sp³-hybridized carbons (Fsp3) is 0.333. The van der Waals surface area contributed by atoms with Crippen molar-refractivity contribution in [2.45, 2.75) is 25.2 Å². The van der Waals surface area contributed by atoms with E-state index in [0.29, 0.717) is 30.5 Å². The molecule has 0 bridgehead atoms. The molecule has 8 heteroatoms. The summed E-state index contributed by atoms with van der Waals surface area (Å²) < 4.78 is 32.6. The third-order valence-corrected chi connectivity index (χ3v) is 7.63. The normalized spacial score (nSPS) is 19.7. The van der Waals surface area contributed by atoms with E-state index in [1.165, 1.54) is 28.6 Å². The number of carbonyl (C=O) groups excluding carboxylic acids is 2. The van der Waals surface area contributed by atoms with Crippen LogP contribution in [-0.2, 0) is 14.8 Å². The molecule has 0 radical (unpaired) electrons. The average Bonchev–Trinajstić information content (AvgIpc) is 3.21. The van der Waals surface area contributed by atoms with Crippen molar-refractivity contribution in [3.8, 4) is 0 Å². The molecule has 1 N–H and O–H groups in total. The summed E-state index contributed by atoms with van der Waals surface area (Å²) >= 11 is 0. The van der Waals surface area contributed by atoms with Gasteiger partial charge in [0, 0.05) is 35.8 Å². The first-order chi connectivity index (χ1) is 15.3. The van der Waals surface area contributed by atoms with Gasteiger partial charge in [-0.3, -0.25) is 4.79 Å². The smallest absolute Gasteiger partial charge is 0.338 e. The number of Topliss-reactive ketones (excluding diaryl/α,β-unsaturated/α-hetero) is 1. The Kier molecular flexibility index (Phi) is 6.17. The van der Waals surface area contributed by atoms with Gasteiger partial charge in [0.15, 0.2) is 6.61 Å². The van der Waals surface area contributed by atoms with Crippen molar-refractivity contribution in [2.24, 2.45) is 11.8 Å². The number of piperidine rings is 1. The molecule has 2 heterocycles. The van der Waals surface area contributed by atoms with Gasteiger partial charge in [-0.25, -0.2) is 13.2 Å². The molecular formula is C24H26N2O5S. The van der Waals surface area contributed by atoms with Crippen molar-refractivity contribution in [1.82, 2.24) is 9.29 Å². The Hall–Kier alpha value is -2.97. The third kappa shape index (κ3) is 4.47. The zero-order chi connectivity index (χ0) is 22.9. The number of H-pyrrole nitrogens is 1. The number of nitrogens with zero attached hydrogens (tertiary/aromatic N) is 1. The lowest BCUT2D eigenvalue weighted by molar-refractivity contribution is 0.0475. The number of nitrogens with one attached hydrogen (secondary N) is 1. The number of aromatic nitrogens is 1. The van der Waals surface area contributed by atoms with Crippen LogP contribution in [0.1, 0.15) is 41.0 Å². The van der Waals surface area contributed by atoms with Crippen molar-refractivity contribution in [3.63, 3.8) is 0 Å². The fourth-order valence-corrected chi connectivity index (χ4v) is 5.99. The summed E-state index contributed by atoms with van der Waals surface area (Å²) in [5.41, 5.74) is 1.48. The van der Waals surface area contributed by atoms with E-state index in [9.17, 15) is 18.0 Å². The highest BCUT2D eigenvalue weighted by atomic mass is 32.2. The predicted octanol–water partition coefficient (Wildman–Crippen LogP) is 3.87. The number of ketones is 1. The van der Waals surface area contributed by atoms with Gasteiger partial charge < -0.3 is 9.72 Å². The van der Waals surface area contributed by atoms with Crippen LogP contribution < -0.4 is 0 Å². The van der Waals surface area contributed by atoms with E-state index in [4.69, 9.17) is 4.74 Å². The number of sulfonamides is 1. The van der Waals surface area contributed by atoms with Gasteiger partial charge in [-0.15, -0.1) is 0 Å². The van der Waals surface area contributed by atoms with E-state index in [2.05, 4.69) is 18.8 Å². The van der Waals surface area contributed by atoms with Gasteiger partial charge in [-0.05, 0) is 48.6 Å². The molecule has 32 heavy (non-hydrogen) atoms. The van der Waals surface area contributed by atoms with Crippen LogP contribution in [0, 0.1) is 11.8 Å². The molecule has 3 aromatic rings. The molecule has 0 spiro atoms. The monoisotopic (exact) mass is 454 g/mol. The third-order valence-electron chi connectivity index (χ3n) is 5.79. The second-order valence-electron chi connectivity index (χ2n) is 8.54. The van der Waals surface area contributed by atoms with Crippen LogP contribution in [0.25, 0.3) is 10.9 Å². The number of hydrogen-bond acceptors (Lipinski definition) is 5. The highest BCUT2D eigenvalue weighted by Gasteiger charge is 2.31. The van der Waals surface area contributed by atoms with Crippen molar-refractivity contribution in [3.05, 3.63) is 65.9 Å². The maximum absolute atomic E-state index is 13.0. The molecule has 2 aromatic carbocycles. The minimum Gasteiger partial charge on any atom is -0.454 e. The highest BCUT2D eigenvalue weighted by molar-refractivity contribution is 7.89. The molecule has 0 amide bonds. The number of ether oxygens (including phenoxy) is 1. The first-order valence-corrected chi connectivity index (χ1v) is 12.1. The number of carbonyl (C=O) groups is 2. The average molecular weight is 455 g/mol. The minimum atomic E-state index is -3.62. The van der Waals surface area contributed by atoms with Gasteiger partial charge in [-0.1, -0.05) is 32.0 Å². The summed E-state index contributed by atoms with van der Waals surface area (Å²) in [4.78, 5) is 28.0. The summed E-state index contributed by atoms with van der Waals surface area (Å²) in [6.45, 7) is 4.69. The topological polar surface area (TPSA) is 96.5 Å². The molecule has 7 nitrogen and oxygen atoms in total. The molecule has 1 aliphatic heterocycles. The SMILES string of the molecule is CC1CC(C)CN(S(=O)(=O)c2ccc(C(=O)OCC(=O)c3c[nH]c4ccccc34)cc2)C1. The zero-order valence-electron chi connectivity index (χ0n) is 18.1. The molecule has 0 saturated carbocycles. The molecule has 1 saturated heterocycles. The maximum Gasteiger partial charge on any atom is 0.338 e. The van der Waals surface area contributed by atoms with Crippen LogP contribution in [0.2, 0.25) is 0 Å².